The van der Waals surface area contributed by atoms with E-state index >= 15 is 0 Å². The van der Waals surface area contributed by atoms with Gasteiger partial charge in [-0.2, -0.15) is 0 Å². The summed E-state index contributed by atoms with van der Waals surface area (Å²) in [6.07, 6.45) is 0.0312. The van der Waals surface area contributed by atoms with Crippen LogP contribution in [0.2, 0.25) is 0 Å². The topological polar surface area (TPSA) is 74.7 Å². The van der Waals surface area contributed by atoms with Crippen LogP contribution in [0.4, 0.5) is 0 Å². The first-order valence-corrected chi connectivity index (χ1v) is 7.84. The molecule has 0 bridgehead atoms. The molecule has 18 heavy (non-hydrogen) atoms. The standard InChI is InChI=1S/C12H25NO4S/c1-6-13(10(2)9-11(14)15)7-8-18(16,17)12(3,4)5/h10H,6-9H2,1-5H3,(H,14,15). The molecule has 6 heteroatoms. The van der Waals surface area contributed by atoms with E-state index in [0.29, 0.717) is 13.1 Å². The largest absolute Gasteiger partial charge is 0.481 e. The Morgan fingerprint density at radius 1 is 1.33 bits per heavy atom. The minimum Gasteiger partial charge on any atom is -0.481 e. The van der Waals surface area contributed by atoms with E-state index in [1.54, 1.807) is 27.7 Å². The molecule has 0 amide bonds. The zero-order valence-corrected chi connectivity index (χ0v) is 12.7. The number of hydrogen-bond acceptors (Lipinski definition) is 4. The van der Waals surface area contributed by atoms with Crippen molar-refractivity contribution in [1.82, 2.24) is 4.90 Å². The molecule has 0 aliphatic heterocycles. The summed E-state index contributed by atoms with van der Waals surface area (Å²) in [6.45, 7) is 9.78. The second kappa shape index (κ2) is 6.52. The Kier molecular flexibility index (Phi) is 6.29. The monoisotopic (exact) mass is 279 g/mol. The van der Waals surface area contributed by atoms with Crippen LogP contribution in [0.5, 0.6) is 0 Å². The molecule has 0 saturated heterocycles. The maximum Gasteiger partial charge on any atom is 0.304 e. The first-order chi connectivity index (χ1) is 8.01. The molecule has 0 aliphatic carbocycles. The van der Waals surface area contributed by atoms with Gasteiger partial charge in [0, 0.05) is 12.6 Å². The van der Waals surface area contributed by atoms with E-state index in [9.17, 15) is 13.2 Å². The second-order valence-corrected chi connectivity index (χ2v) is 8.37. The number of hydrogen-bond donors (Lipinski definition) is 1. The van der Waals surface area contributed by atoms with Gasteiger partial charge < -0.3 is 5.11 Å². The maximum atomic E-state index is 12.0. The Morgan fingerprint density at radius 2 is 1.83 bits per heavy atom. The smallest absolute Gasteiger partial charge is 0.304 e. The second-order valence-electron chi connectivity index (χ2n) is 5.51. The molecule has 0 heterocycles. The zero-order valence-electron chi connectivity index (χ0n) is 11.9. The van der Waals surface area contributed by atoms with Gasteiger partial charge in [0.2, 0.25) is 0 Å². The van der Waals surface area contributed by atoms with Crippen LogP contribution >= 0.6 is 0 Å². The quantitative estimate of drug-likeness (QED) is 0.762. The highest BCUT2D eigenvalue weighted by atomic mass is 32.2. The third-order valence-electron chi connectivity index (χ3n) is 3.08. The predicted molar refractivity (Wildman–Crippen MR) is 72.5 cm³/mol. The maximum absolute atomic E-state index is 12.0. The van der Waals surface area contributed by atoms with E-state index in [1.165, 1.54) is 0 Å². The summed E-state index contributed by atoms with van der Waals surface area (Å²) < 4.78 is 23.2. The van der Waals surface area contributed by atoms with Gasteiger partial charge >= 0.3 is 5.97 Å². The third-order valence-corrected chi connectivity index (χ3v) is 5.67. The molecule has 0 saturated carbocycles. The van der Waals surface area contributed by atoms with E-state index in [-0.39, 0.29) is 18.2 Å². The van der Waals surface area contributed by atoms with Crippen molar-refractivity contribution in [2.45, 2.75) is 51.8 Å². The molecule has 1 N–H and O–H groups in total. The summed E-state index contributed by atoms with van der Waals surface area (Å²) in [4.78, 5) is 12.5. The fourth-order valence-corrected chi connectivity index (χ4v) is 2.70. The van der Waals surface area contributed by atoms with Crippen LogP contribution < -0.4 is 0 Å². The molecule has 1 unspecified atom stereocenters. The normalized spacial score (nSPS) is 14.8. The molecule has 0 rings (SSSR count). The van der Waals surface area contributed by atoms with Crippen LogP contribution in [-0.2, 0) is 14.6 Å². The number of nitrogens with zero attached hydrogens (tertiary/aromatic N) is 1. The summed E-state index contributed by atoms with van der Waals surface area (Å²) in [5.41, 5.74) is 0. The van der Waals surface area contributed by atoms with E-state index in [0.717, 1.165) is 0 Å². The molecular weight excluding hydrogens is 254 g/mol. The van der Waals surface area contributed by atoms with Crippen LogP contribution in [0.25, 0.3) is 0 Å². The molecule has 0 aromatic heterocycles. The first-order valence-electron chi connectivity index (χ1n) is 6.19. The Balaban J connectivity index is 4.54. The van der Waals surface area contributed by atoms with Gasteiger partial charge in [0.1, 0.15) is 0 Å². The molecular formula is C12H25NO4S. The van der Waals surface area contributed by atoms with E-state index in [4.69, 9.17) is 5.11 Å². The van der Waals surface area contributed by atoms with Crippen molar-refractivity contribution < 1.29 is 18.3 Å². The van der Waals surface area contributed by atoms with E-state index in [1.807, 2.05) is 11.8 Å². The highest BCUT2D eigenvalue weighted by molar-refractivity contribution is 7.92. The van der Waals surface area contributed by atoms with Gasteiger partial charge in [0.25, 0.3) is 0 Å². The van der Waals surface area contributed by atoms with Crippen LogP contribution in [0.1, 0.15) is 41.0 Å². The molecule has 0 aromatic carbocycles. The number of carbonyl (C=O) groups is 1. The van der Waals surface area contributed by atoms with Gasteiger partial charge in [0.05, 0.1) is 16.9 Å². The minimum absolute atomic E-state index is 0.0312. The lowest BCUT2D eigenvalue weighted by Crippen LogP contribution is -2.41. The molecule has 108 valence electrons. The van der Waals surface area contributed by atoms with Crippen molar-refractivity contribution in [2.75, 3.05) is 18.8 Å². The molecule has 0 radical (unpaired) electrons. The summed E-state index contributed by atoms with van der Waals surface area (Å²) in [7, 11) is -3.15. The first kappa shape index (κ1) is 17.4. The van der Waals surface area contributed by atoms with Gasteiger partial charge in [-0.15, -0.1) is 0 Å². The lowest BCUT2D eigenvalue weighted by Gasteiger charge is -2.28. The molecule has 0 fully saturated rings. The van der Waals surface area contributed by atoms with Gasteiger partial charge in [-0.05, 0) is 34.2 Å². The van der Waals surface area contributed by atoms with Crippen molar-refractivity contribution >= 4 is 15.8 Å². The fourth-order valence-electron chi connectivity index (χ4n) is 1.62. The van der Waals surface area contributed by atoms with Crippen LogP contribution in [0.3, 0.4) is 0 Å². The number of aliphatic carboxylic acids is 1. The molecule has 0 aromatic rings. The Morgan fingerprint density at radius 3 is 2.17 bits per heavy atom. The van der Waals surface area contributed by atoms with E-state index < -0.39 is 20.6 Å². The van der Waals surface area contributed by atoms with Crippen molar-refractivity contribution in [3.63, 3.8) is 0 Å². The van der Waals surface area contributed by atoms with Gasteiger partial charge in [-0.1, -0.05) is 6.92 Å². The van der Waals surface area contributed by atoms with Gasteiger partial charge in [-0.25, -0.2) is 8.42 Å². The predicted octanol–water partition coefficient (Wildman–Crippen LogP) is 1.38. The number of carboxylic acids is 1. The lowest BCUT2D eigenvalue weighted by atomic mass is 10.2. The van der Waals surface area contributed by atoms with Crippen molar-refractivity contribution in [3.05, 3.63) is 0 Å². The minimum atomic E-state index is -3.15. The Hall–Kier alpha value is -0.620. The highest BCUT2D eigenvalue weighted by Crippen LogP contribution is 2.16. The van der Waals surface area contributed by atoms with Gasteiger partial charge in [-0.3, -0.25) is 9.69 Å². The SMILES string of the molecule is CCN(CCS(=O)(=O)C(C)(C)C)C(C)CC(=O)O. The van der Waals surface area contributed by atoms with Gasteiger partial charge in [0.15, 0.2) is 9.84 Å². The number of carboxylic acid groups (broad SMARTS) is 1. The van der Waals surface area contributed by atoms with Crippen molar-refractivity contribution in [3.8, 4) is 0 Å². The summed E-state index contributed by atoms with van der Waals surface area (Å²) in [6, 6.07) is -0.150. The molecule has 5 nitrogen and oxygen atoms in total. The molecule has 0 aliphatic rings. The summed E-state index contributed by atoms with van der Waals surface area (Å²) >= 11 is 0. The number of rotatable bonds is 7. The average molecular weight is 279 g/mol. The lowest BCUT2D eigenvalue weighted by molar-refractivity contribution is -0.138. The summed E-state index contributed by atoms with van der Waals surface area (Å²) in [5.74, 6) is -0.798. The van der Waals surface area contributed by atoms with Crippen molar-refractivity contribution in [1.29, 1.82) is 0 Å². The summed E-state index contributed by atoms with van der Waals surface area (Å²) in [5, 5.41) is 8.74. The fraction of sp³-hybridized carbons (Fsp3) is 0.917. The van der Waals surface area contributed by atoms with Crippen LogP contribution in [0.15, 0.2) is 0 Å². The van der Waals surface area contributed by atoms with E-state index in [2.05, 4.69) is 0 Å². The molecule has 1 atom stereocenters. The van der Waals surface area contributed by atoms with Crippen LogP contribution in [0, 0.1) is 0 Å². The Bertz CT molecular complexity index is 370. The van der Waals surface area contributed by atoms with Crippen molar-refractivity contribution in [2.24, 2.45) is 0 Å². The van der Waals surface area contributed by atoms with Crippen LogP contribution in [-0.4, -0.2) is 54.0 Å². The molecule has 0 spiro atoms. The Labute approximate surface area is 110 Å². The zero-order chi connectivity index (χ0) is 14.6. The number of sulfone groups is 1. The highest BCUT2D eigenvalue weighted by Gasteiger charge is 2.29. The third kappa shape index (κ3) is 5.35. The average Bonchev–Trinajstić information content (AvgIpc) is 2.15.